The van der Waals surface area contributed by atoms with Crippen molar-refractivity contribution >= 4 is 23.7 Å². The van der Waals surface area contributed by atoms with Crippen LogP contribution in [-0.4, -0.2) is 32.6 Å². The summed E-state index contributed by atoms with van der Waals surface area (Å²) in [7, 11) is 1.51. The highest BCUT2D eigenvalue weighted by Crippen LogP contribution is 2.31. The molecule has 1 N–H and O–H groups in total. The van der Waals surface area contributed by atoms with E-state index < -0.39 is 0 Å². The minimum absolute atomic E-state index is 0.0284. The zero-order chi connectivity index (χ0) is 16.9. The standard InChI is InChI=1S/C18H18N2O4/c1-23-17-12-14(24-11-10-21)6-7-15(17)19-18(22)20-9-8-13-4-2-3-5-16(13)20/h2-7,10,12H,8-9,11H2,1H3,(H,19,22). The van der Waals surface area contributed by atoms with Gasteiger partial charge in [-0.2, -0.15) is 0 Å². The summed E-state index contributed by atoms with van der Waals surface area (Å²) in [5.41, 5.74) is 2.64. The Bertz CT molecular complexity index is 760. The summed E-state index contributed by atoms with van der Waals surface area (Å²) in [6.07, 6.45) is 1.52. The van der Waals surface area contributed by atoms with E-state index in [9.17, 15) is 9.59 Å². The van der Waals surface area contributed by atoms with E-state index in [1.54, 1.807) is 23.1 Å². The van der Waals surface area contributed by atoms with Crippen LogP contribution in [0.1, 0.15) is 5.56 Å². The van der Waals surface area contributed by atoms with E-state index in [0.717, 1.165) is 17.7 Å². The third kappa shape index (κ3) is 3.17. The first-order chi connectivity index (χ1) is 11.7. The fraction of sp³-hybridized carbons (Fsp3) is 0.222. The van der Waals surface area contributed by atoms with Crippen LogP contribution in [0.15, 0.2) is 42.5 Å². The molecule has 0 unspecified atom stereocenters. The van der Waals surface area contributed by atoms with Gasteiger partial charge in [-0.25, -0.2) is 4.79 Å². The molecule has 6 heteroatoms. The molecule has 0 atom stereocenters. The van der Waals surface area contributed by atoms with Gasteiger partial charge in [0.25, 0.3) is 0 Å². The Morgan fingerprint density at radius 2 is 2.12 bits per heavy atom. The van der Waals surface area contributed by atoms with Crippen LogP contribution in [0.2, 0.25) is 0 Å². The fourth-order valence-corrected chi connectivity index (χ4v) is 2.73. The van der Waals surface area contributed by atoms with E-state index in [4.69, 9.17) is 9.47 Å². The summed E-state index contributed by atoms with van der Waals surface area (Å²) < 4.78 is 10.5. The normalized spacial score (nSPS) is 12.5. The number of urea groups is 1. The van der Waals surface area contributed by atoms with Gasteiger partial charge in [-0.05, 0) is 30.2 Å². The number of benzene rings is 2. The van der Waals surface area contributed by atoms with Crippen molar-refractivity contribution in [2.75, 3.05) is 30.5 Å². The molecule has 6 nitrogen and oxygen atoms in total. The van der Waals surface area contributed by atoms with Crippen LogP contribution < -0.4 is 19.7 Å². The number of ether oxygens (including phenoxy) is 2. The van der Waals surface area contributed by atoms with E-state index in [0.29, 0.717) is 30.0 Å². The highest BCUT2D eigenvalue weighted by atomic mass is 16.5. The summed E-state index contributed by atoms with van der Waals surface area (Å²) >= 11 is 0. The third-order valence-corrected chi connectivity index (χ3v) is 3.86. The van der Waals surface area contributed by atoms with Crippen LogP contribution in [0.5, 0.6) is 11.5 Å². The number of nitrogens with one attached hydrogen (secondary N) is 1. The average Bonchev–Trinajstić information content (AvgIpc) is 3.05. The molecular formula is C18H18N2O4. The summed E-state index contributed by atoms with van der Waals surface area (Å²) in [6.45, 7) is 0.618. The molecule has 0 saturated carbocycles. The van der Waals surface area contributed by atoms with Crippen LogP contribution in [-0.2, 0) is 11.2 Å². The van der Waals surface area contributed by atoms with Crippen molar-refractivity contribution in [2.24, 2.45) is 0 Å². The van der Waals surface area contributed by atoms with Gasteiger partial charge in [0, 0.05) is 18.3 Å². The first kappa shape index (κ1) is 15.9. The molecule has 1 heterocycles. The lowest BCUT2D eigenvalue weighted by Crippen LogP contribution is -2.33. The summed E-state index contributed by atoms with van der Waals surface area (Å²) in [5, 5.41) is 2.86. The fourth-order valence-electron chi connectivity index (χ4n) is 2.73. The Morgan fingerprint density at radius 1 is 1.29 bits per heavy atom. The first-order valence-electron chi connectivity index (χ1n) is 7.64. The molecule has 1 aliphatic rings. The predicted octanol–water partition coefficient (Wildman–Crippen LogP) is 2.87. The first-order valence-corrected chi connectivity index (χ1v) is 7.64. The lowest BCUT2D eigenvalue weighted by atomic mass is 10.2. The number of rotatable bonds is 5. The van der Waals surface area contributed by atoms with Crippen molar-refractivity contribution < 1.29 is 19.1 Å². The highest BCUT2D eigenvalue weighted by Gasteiger charge is 2.24. The number of nitrogens with zero attached hydrogens (tertiary/aromatic N) is 1. The number of para-hydroxylation sites is 1. The molecule has 0 saturated heterocycles. The number of aldehydes is 1. The van der Waals surface area contributed by atoms with E-state index >= 15 is 0 Å². The number of amides is 2. The van der Waals surface area contributed by atoms with Gasteiger partial charge in [0.1, 0.15) is 18.1 Å². The minimum Gasteiger partial charge on any atom is -0.494 e. The molecule has 0 bridgehead atoms. The van der Waals surface area contributed by atoms with Gasteiger partial charge in [-0.15, -0.1) is 0 Å². The molecule has 2 amide bonds. The SMILES string of the molecule is COc1cc(OCC=O)ccc1NC(=O)N1CCc2ccccc21. The van der Waals surface area contributed by atoms with Gasteiger partial charge in [-0.1, -0.05) is 18.2 Å². The quantitative estimate of drug-likeness (QED) is 0.858. The van der Waals surface area contributed by atoms with Gasteiger partial charge in [0.2, 0.25) is 0 Å². The summed E-state index contributed by atoms with van der Waals surface area (Å²) in [5.74, 6) is 0.975. The number of hydrogen-bond donors (Lipinski definition) is 1. The number of anilines is 2. The molecule has 0 fully saturated rings. The van der Waals surface area contributed by atoms with Gasteiger partial charge in [0.15, 0.2) is 6.29 Å². The highest BCUT2D eigenvalue weighted by molar-refractivity contribution is 6.03. The van der Waals surface area contributed by atoms with Crippen LogP contribution in [0.4, 0.5) is 16.2 Å². The third-order valence-electron chi connectivity index (χ3n) is 3.86. The number of hydrogen-bond acceptors (Lipinski definition) is 4. The number of fused-ring (bicyclic) bond motifs is 1. The van der Waals surface area contributed by atoms with Crippen molar-refractivity contribution in [2.45, 2.75) is 6.42 Å². The minimum atomic E-state index is -0.209. The summed E-state index contributed by atoms with van der Waals surface area (Å²) in [6, 6.07) is 12.7. The monoisotopic (exact) mass is 326 g/mol. The maximum Gasteiger partial charge on any atom is 0.326 e. The maximum atomic E-state index is 12.6. The summed E-state index contributed by atoms with van der Waals surface area (Å²) in [4.78, 5) is 24.7. The van der Waals surface area contributed by atoms with Crippen LogP contribution in [0.25, 0.3) is 0 Å². The van der Waals surface area contributed by atoms with Gasteiger partial charge < -0.3 is 14.8 Å². The molecule has 3 rings (SSSR count). The zero-order valence-electron chi connectivity index (χ0n) is 13.3. The largest absolute Gasteiger partial charge is 0.494 e. The molecule has 2 aromatic carbocycles. The Kier molecular flexibility index (Phi) is 4.65. The molecule has 0 radical (unpaired) electrons. The van der Waals surface area contributed by atoms with Gasteiger partial charge in [-0.3, -0.25) is 9.69 Å². The molecule has 2 aromatic rings. The molecule has 1 aliphatic heterocycles. The average molecular weight is 326 g/mol. The second-order valence-corrected chi connectivity index (χ2v) is 5.30. The van der Waals surface area contributed by atoms with Crippen molar-refractivity contribution in [3.8, 4) is 11.5 Å². The van der Waals surface area contributed by atoms with E-state index in [1.165, 1.54) is 7.11 Å². The Balaban J connectivity index is 1.76. The van der Waals surface area contributed by atoms with Gasteiger partial charge in [0.05, 0.1) is 12.8 Å². The van der Waals surface area contributed by atoms with Crippen LogP contribution in [0, 0.1) is 0 Å². The Hall–Kier alpha value is -3.02. The number of methoxy groups -OCH3 is 1. The van der Waals surface area contributed by atoms with E-state index in [-0.39, 0.29) is 12.6 Å². The number of carbonyl (C=O) groups excluding carboxylic acids is 2. The van der Waals surface area contributed by atoms with Crippen LogP contribution in [0.3, 0.4) is 0 Å². The van der Waals surface area contributed by atoms with E-state index in [2.05, 4.69) is 5.32 Å². The lowest BCUT2D eigenvalue weighted by molar-refractivity contribution is -0.109. The Morgan fingerprint density at radius 3 is 2.92 bits per heavy atom. The smallest absolute Gasteiger partial charge is 0.326 e. The van der Waals surface area contributed by atoms with Crippen molar-refractivity contribution in [3.63, 3.8) is 0 Å². The van der Waals surface area contributed by atoms with E-state index in [1.807, 2.05) is 24.3 Å². The second-order valence-electron chi connectivity index (χ2n) is 5.30. The Labute approximate surface area is 140 Å². The van der Waals surface area contributed by atoms with Crippen LogP contribution >= 0.6 is 0 Å². The predicted molar refractivity (Wildman–Crippen MR) is 91.1 cm³/mol. The van der Waals surface area contributed by atoms with Crippen molar-refractivity contribution in [1.82, 2.24) is 0 Å². The lowest BCUT2D eigenvalue weighted by Gasteiger charge is -2.19. The molecule has 24 heavy (non-hydrogen) atoms. The topological polar surface area (TPSA) is 67.9 Å². The molecule has 124 valence electrons. The maximum absolute atomic E-state index is 12.6. The molecule has 0 aliphatic carbocycles. The second kappa shape index (κ2) is 7.04. The van der Waals surface area contributed by atoms with Gasteiger partial charge >= 0.3 is 6.03 Å². The number of carbonyl (C=O) groups is 2. The van der Waals surface area contributed by atoms with Crippen molar-refractivity contribution in [1.29, 1.82) is 0 Å². The molecule has 0 spiro atoms. The molecular weight excluding hydrogens is 308 g/mol. The zero-order valence-corrected chi connectivity index (χ0v) is 13.3. The van der Waals surface area contributed by atoms with Crippen molar-refractivity contribution in [3.05, 3.63) is 48.0 Å². The molecule has 0 aromatic heterocycles.